The van der Waals surface area contributed by atoms with Gasteiger partial charge in [0.2, 0.25) is 5.95 Å². The fraction of sp³-hybridized carbons (Fsp3) is 0.333. The summed E-state index contributed by atoms with van der Waals surface area (Å²) in [4.78, 5) is 28.0. The number of carbonyl (C=O) groups excluding carboxylic acids is 1. The number of anilines is 2. The largest absolute Gasteiger partial charge is 0.330 e. The zero-order chi connectivity index (χ0) is 16.1. The van der Waals surface area contributed by atoms with Crippen molar-refractivity contribution in [3.8, 4) is 0 Å². The standard InChI is InChI=1S/C15H17ClN6O/c16-14-12(3-1-4-17-14)20-13(23)11-21-7-9-22(10-8-21)15-18-5-2-6-19-15/h1-6H,7-11H2,(H,20,23)/p+1. The van der Waals surface area contributed by atoms with Gasteiger partial charge in [0.25, 0.3) is 5.91 Å². The molecule has 2 aromatic rings. The van der Waals surface area contributed by atoms with E-state index in [1.165, 1.54) is 4.90 Å². The number of pyridine rings is 1. The third-order valence-electron chi connectivity index (χ3n) is 3.75. The SMILES string of the molecule is O=C(C[NH+]1CCN(c2ncccn2)CC1)Nc1cccnc1Cl. The Labute approximate surface area is 139 Å². The van der Waals surface area contributed by atoms with Crippen LogP contribution in [0.1, 0.15) is 0 Å². The fourth-order valence-electron chi connectivity index (χ4n) is 2.55. The maximum Gasteiger partial charge on any atom is 0.279 e. The molecule has 0 aliphatic carbocycles. The predicted molar refractivity (Wildman–Crippen MR) is 87.7 cm³/mol. The third kappa shape index (κ3) is 4.14. The zero-order valence-corrected chi connectivity index (χ0v) is 13.3. The highest BCUT2D eigenvalue weighted by Gasteiger charge is 2.23. The second-order valence-corrected chi connectivity index (χ2v) is 5.71. The number of quaternary nitrogens is 1. The molecule has 0 spiro atoms. The Hall–Kier alpha value is -2.25. The molecule has 3 heterocycles. The van der Waals surface area contributed by atoms with Crippen LogP contribution in [0.2, 0.25) is 5.15 Å². The maximum absolute atomic E-state index is 12.1. The van der Waals surface area contributed by atoms with Crippen molar-refractivity contribution in [3.05, 3.63) is 41.9 Å². The molecule has 0 unspecified atom stereocenters. The molecule has 3 rings (SSSR count). The van der Waals surface area contributed by atoms with Crippen molar-refractivity contribution in [2.24, 2.45) is 0 Å². The summed E-state index contributed by atoms with van der Waals surface area (Å²) in [7, 11) is 0. The van der Waals surface area contributed by atoms with E-state index in [2.05, 4.69) is 25.2 Å². The molecule has 8 heteroatoms. The molecule has 0 bridgehead atoms. The molecule has 7 nitrogen and oxygen atoms in total. The second-order valence-electron chi connectivity index (χ2n) is 5.35. The minimum absolute atomic E-state index is 0.0562. The van der Waals surface area contributed by atoms with Gasteiger partial charge < -0.3 is 15.1 Å². The summed E-state index contributed by atoms with van der Waals surface area (Å²) in [5, 5.41) is 3.12. The van der Waals surface area contributed by atoms with E-state index in [-0.39, 0.29) is 5.91 Å². The average Bonchev–Trinajstić information content (AvgIpc) is 2.58. The average molecular weight is 334 g/mol. The Morgan fingerprint density at radius 1 is 1.17 bits per heavy atom. The van der Waals surface area contributed by atoms with Crippen LogP contribution in [0.3, 0.4) is 0 Å². The molecule has 1 fully saturated rings. The highest BCUT2D eigenvalue weighted by molar-refractivity contribution is 6.32. The molecule has 0 saturated carbocycles. The number of piperazine rings is 1. The molecule has 2 aromatic heterocycles. The van der Waals surface area contributed by atoms with E-state index >= 15 is 0 Å². The van der Waals surface area contributed by atoms with E-state index in [0.29, 0.717) is 17.4 Å². The van der Waals surface area contributed by atoms with Crippen molar-refractivity contribution in [3.63, 3.8) is 0 Å². The van der Waals surface area contributed by atoms with E-state index in [9.17, 15) is 4.79 Å². The molecule has 1 aliphatic heterocycles. The van der Waals surface area contributed by atoms with Crippen molar-refractivity contribution in [2.75, 3.05) is 42.9 Å². The molecule has 2 N–H and O–H groups in total. The quantitative estimate of drug-likeness (QED) is 0.762. The number of nitrogens with zero attached hydrogens (tertiary/aromatic N) is 4. The van der Waals surface area contributed by atoms with Gasteiger partial charge in [-0.2, -0.15) is 0 Å². The number of hydrogen-bond acceptors (Lipinski definition) is 5. The van der Waals surface area contributed by atoms with Crippen molar-refractivity contribution >= 4 is 29.1 Å². The van der Waals surface area contributed by atoms with Gasteiger partial charge in [-0.3, -0.25) is 4.79 Å². The van der Waals surface area contributed by atoms with Gasteiger partial charge in [0.1, 0.15) is 0 Å². The summed E-state index contributed by atoms with van der Waals surface area (Å²) >= 11 is 5.94. The summed E-state index contributed by atoms with van der Waals surface area (Å²) in [6.07, 6.45) is 5.08. The van der Waals surface area contributed by atoms with Gasteiger partial charge >= 0.3 is 0 Å². The first-order valence-electron chi connectivity index (χ1n) is 7.48. The summed E-state index contributed by atoms with van der Waals surface area (Å²) in [6, 6.07) is 5.29. The van der Waals surface area contributed by atoms with Gasteiger partial charge in [0.15, 0.2) is 11.7 Å². The van der Waals surface area contributed by atoms with Gasteiger partial charge in [0, 0.05) is 18.6 Å². The highest BCUT2D eigenvalue weighted by atomic mass is 35.5. The van der Waals surface area contributed by atoms with Crippen molar-refractivity contribution in [2.45, 2.75) is 0 Å². The van der Waals surface area contributed by atoms with Gasteiger partial charge in [-0.15, -0.1) is 0 Å². The predicted octanol–water partition coefficient (Wildman–Crippen LogP) is -0.131. The van der Waals surface area contributed by atoms with Crippen LogP contribution >= 0.6 is 11.6 Å². The molecule has 0 atom stereocenters. The highest BCUT2D eigenvalue weighted by Crippen LogP contribution is 2.16. The van der Waals surface area contributed by atoms with Crippen LogP contribution in [-0.2, 0) is 4.79 Å². The van der Waals surface area contributed by atoms with Crippen molar-refractivity contribution < 1.29 is 9.69 Å². The van der Waals surface area contributed by atoms with Crippen LogP contribution < -0.4 is 15.1 Å². The van der Waals surface area contributed by atoms with Gasteiger partial charge in [-0.1, -0.05) is 11.6 Å². The number of nitrogens with one attached hydrogen (secondary N) is 2. The smallest absolute Gasteiger partial charge is 0.279 e. The lowest BCUT2D eigenvalue weighted by Crippen LogP contribution is -3.15. The van der Waals surface area contributed by atoms with Crippen LogP contribution in [0.15, 0.2) is 36.8 Å². The molecule has 23 heavy (non-hydrogen) atoms. The Bertz CT molecular complexity index is 660. The minimum atomic E-state index is -0.0562. The molecule has 1 amide bonds. The van der Waals surface area contributed by atoms with E-state index in [1.807, 2.05) is 0 Å². The summed E-state index contributed by atoms with van der Waals surface area (Å²) in [5.41, 5.74) is 0.551. The molecule has 0 radical (unpaired) electrons. The molecule has 1 aliphatic rings. The normalized spacial score (nSPS) is 15.4. The minimum Gasteiger partial charge on any atom is -0.330 e. The van der Waals surface area contributed by atoms with E-state index in [0.717, 1.165) is 32.1 Å². The number of hydrogen-bond donors (Lipinski definition) is 2. The lowest BCUT2D eigenvalue weighted by molar-refractivity contribution is -0.892. The van der Waals surface area contributed by atoms with Gasteiger partial charge in [0.05, 0.1) is 31.9 Å². The van der Waals surface area contributed by atoms with E-state index in [4.69, 9.17) is 11.6 Å². The summed E-state index contributed by atoms with van der Waals surface area (Å²) in [6.45, 7) is 3.81. The Morgan fingerprint density at radius 2 is 1.87 bits per heavy atom. The summed E-state index contributed by atoms with van der Waals surface area (Å²) < 4.78 is 0. The van der Waals surface area contributed by atoms with Crippen molar-refractivity contribution in [1.29, 1.82) is 0 Å². The first kappa shape index (κ1) is 15.6. The first-order valence-corrected chi connectivity index (χ1v) is 7.86. The molecule has 1 saturated heterocycles. The van der Waals surface area contributed by atoms with E-state index in [1.54, 1.807) is 36.8 Å². The van der Waals surface area contributed by atoms with Crippen LogP contribution in [-0.4, -0.2) is 53.6 Å². The van der Waals surface area contributed by atoms with Gasteiger partial charge in [-0.25, -0.2) is 15.0 Å². The Balaban J connectivity index is 1.49. The number of rotatable bonds is 4. The van der Waals surface area contributed by atoms with Crippen molar-refractivity contribution in [1.82, 2.24) is 15.0 Å². The molecule has 0 aromatic carbocycles. The van der Waals surface area contributed by atoms with E-state index < -0.39 is 0 Å². The lowest BCUT2D eigenvalue weighted by Gasteiger charge is -2.31. The lowest BCUT2D eigenvalue weighted by atomic mass is 10.3. The molecule has 120 valence electrons. The molecular weight excluding hydrogens is 316 g/mol. The summed E-state index contributed by atoms with van der Waals surface area (Å²) in [5.74, 6) is 0.692. The first-order chi connectivity index (χ1) is 11.2. The molecular formula is C15H18ClN6O+. The fourth-order valence-corrected chi connectivity index (χ4v) is 2.72. The third-order valence-corrected chi connectivity index (χ3v) is 4.05. The monoisotopic (exact) mass is 333 g/mol. The number of carbonyl (C=O) groups is 1. The van der Waals surface area contributed by atoms with Crippen LogP contribution in [0.5, 0.6) is 0 Å². The Morgan fingerprint density at radius 3 is 2.57 bits per heavy atom. The zero-order valence-electron chi connectivity index (χ0n) is 12.6. The second kappa shape index (κ2) is 7.34. The Kier molecular flexibility index (Phi) is 4.99. The topological polar surface area (TPSA) is 75.5 Å². The number of halogens is 1. The van der Waals surface area contributed by atoms with Crippen LogP contribution in [0.25, 0.3) is 0 Å². The number of amides is 1. The van der Waals surface area contributed by atoms with Crippen LogP contribution in [0.4, 0.5) is 11.6 Å². The van der Waals surface area contributed by atoms with Crippen LogP contribution in [0, 0.1) is 0 Å². The number of aromatic nitrogens is 3. The van der Waals surface area contributed by atoms with Gasteiger partial charge in [-0.05, 0) is 18.2 Å². The maximum atomic E-state index is 12.1.